The SMILES string of the molecule is CCCCCOc1ccc(-c2ccc(C3CCC(CCCCC)CC3=O)cc2)cc1. The van der Waals surface area contributed by atoms with Gasteiger partial charge >= 0.3 is 0 Å². The van der Waals surface area contributed by atoms with Gasteiger partial charge < -0.3 is 4.74 Å². The first-order valence-corrected chi connectivity index (χ1v) is 12.1. The number of carbonyl (C=O) groups is 1. The molecule has 0 radical (unpaired) electrons. The summed E-state index contributed by atoms with van der Waals surface area (Å²) in [7, 11) is 0. The zero-order valence-corrected chi connectivity index (χ0v) is 18.9. The van der Waals surface area contributed by atoms with Crippen LogP contribution >= 0.6 is 0 Å². The molecule has 1 saturated carbocycles. The molecule has 3 rings (SSSR count). The molecule has 1 fully saturated rings. The normalized spacial score (nSPS) is 19.1. The van der Waals surface area contributed by atoms with Crippen LogP contribution in [0.25, 0.3) is 11.1 Å². The average molecular weight is 407 g/mol. The van der Waals surface area contributed by atoms with Crippen LogP contribution < -0.4 is 4.74 Å². The van der Waals surface area contributed by atoms with Gasteiger partial charge in [0.2, 0.25) is 0 Å². The van der Waals surface area contributed by atoms with E-state index in [0.717, 1.165) is 31.6 Å². The molecule has 30 heavy (non-hydrogen) atoms. The highest BCUT2D eigenvalue weighted by Gasteiger charge is 2.29. The molecule has 2 aromatic rings. The number of unbranched alkanes of at least 4 members (excludes halogenated alkanes) is 4. The summed E-state index contributed by atoms with van der Waals surface area (Å²) in [5, 5.41) is 0. The fraction of sp³-hybridized carbons (Fsp3) is 0.536. The minimum atomic E-state index is 0.0976. The first kappa shape index (κ1) is 22.6. The van der Waals surface area contributed by atoms with Gasteiger partial charge in [-0.05, 0) is 54.0 Å². The van der Waals surface area contributed by atoms with Gasteiger partial charge in [-0.1, -0.05) is 88.8 Å². The van der Waals surface area contributed by atoms with Crippen molar-refractivity contribution >= 4 is 5.78 Å². The molecule has 0 heterocycles. The summed E-state index contributed by atoms with van der Waals surface area (Å²) in [5.74, 6) is 2.09. The highest BCUT2D eigenvalue weighted by molar-refractivity contribution is 5.86. The van der Waals surface area contributed by atoms with Crippen molar-refractivity contribution < 1.29 is 9.53 Å². The summed E-state index contributed by atoms with van der Waals surface area (Å²) in [6, 6.07) is 17.0. The van der Waals surface area contributed by atoms with Crippen LogP contribution in [0.3, 0.4) is 0 Å². The Kier molecular flexibility index (Phi) is 8.99. The second-order valence-corrected chi connectivity index (χ2v) is 8.86. The Hall–Kier alpha value is -2.09. The van der Waals surface area contributed by atoms with Crippen molar-refractivity contribution in [1.29, 1.82) is 0 Å². The maximum Gasteiger partial charge on any atom is 0.140 e. The molecule has 2 atom stereocenters. The van der Waals surface area contributed by atoms with Gasteiger partial charge in [0.05, 0.1) is 6.61 Å². The van der Waals surface area contributed by atoms with E-state index in [9.17, 15) is 4.79 Å². The maximum absolute atomic E-state index is 12.7. The van der Waals surface area contributed by atoms with E-state index in [1.165, 1.54) is 61.6 Å². The van der Waals surface area contributed by atoms with Crippen LogP contribution in [0.1, 0.15) is 89.5 Å². The van der Waals surface area contributed by atoms with Gasteiger partial charge in [-0.15, -0.1) is 0 Å². The molecule has 162 valence electrons. The van der Waals surface area contributed by atoms with E-state index in [-0.39, 0.29) is 5.92 Å². The Labute approximate surface area is 183 Å². The fourth-order valence-corrected chi connectivity index (χ4v) is 4.57. The molecular weight excluding hydrogens is 368 g/mol. The van der Waals surface area contributed by atoms with Crippen molar-refractivity contribution in [2.45, 2.75) is 84.0 Å². The summed E-state index contributed by atoms with van der Waals surface area (Å²) in [6.07, 6.45) is 11.6. The van der Waals surface area contributed by atoms with E-state index in [1.54, 1.807) is 0 Å². The second kappa shape index (κ2) is 11.9. The third-order valence-corrected chi connectivity index (χ3v) is 6.48. The Bertz CT molecular complexity index is 760. The van der Waals surface area contributed by atoms with E-state index in [2.05, 4.69) is 62.4 Å². The third kappa shape index (κ3) is 6.45. The van der Waals surface area contributed by atoms with Gasteiger partial charge in [-0.25, -0.2) is 0 Å². The summed E-state index contributed by atoms with van der Waals surface area (Å²) in [5.41, 5.74) is 3.57. The topological polar surface area (TPSA) is 26.3 Å². The quantitative estimate of drug-likeness (QED) is 0.354. The summed E-state index contributed by atoms with van der Waals surface area (Å²) in [4.78, 5) is 12.7. The predicted molar refractivity (Wildman–Crippen MR) is 126 cm³/mol. The molecule has 0 bridgehead atoms. The average Bonchev–Trinajstić information content (AvgIpc) is 2.78. The fourth-order valence-electron chi connectivity index (χ4n) is 4.57. The first-order chi connectivity index (χ1) is 14.7. The Morgan fingerprint density at radius 3 is 2.07 bits per heavy atom. The Morgan fingerprint density at radius 2 is 1.43 bits per heavy atom. The number of rotatable bonds is 11. The number of hydrogen-bond donors (Lipinski definition) is 0. The van der Waals surface area contributed by atoms with E-state index in [1.807, 2.05) is 0 Å². The van der Waals surface area contributed by atoms with Gasteiger partial charge in [0.25, 0.3) is 0 Å². The molecule has 0 amide bonds. The van der Waals surface area contributed by atoms with Crippen LogP contribution in [0.5, 0.6) is 5.75 Å². The lowest BCUT2D eigenvalue weighted by Gasteiger charge is -2.27. The number of carbonyl (C=O) groups excluding carboxylic acids is 1. The molecule has 2 unspecified atom stereocenters. The molecule has 0 N–H and O–H groups in total. The zero-order chi connectivity index (χ0) is 21.2. The van der Waals surface area contributed by atoms with Crippen LogP contribution in [0.4, 0.5) is 0 Å². The molecule has 1 aliphatic carbocycles. The van der Waals surface area contributed by atoms with Crippen molar-refractivity contribution in [1.82, 2.24) is 0 Å². The summed E-state index contributed by atoms with van der Waals surface area (Å²) < 4.78 is 5.81. The molecular formula is C28H38O2. The molecule has 0 saturated heterocycles. The molecule has 0 aliphatic heterocycles. The van der Waals surface area contributed by atoms with Crippen LogP contribution in [0.15, 0.2) is 48.5 Å². The van der Waals surface area contributed by atoms with Crippen LogP contribution in [0, 0.1) is 5.92 Å². The zero-order valence-electron chi connectivity index (χ0n) is 18.9. The number of ether oxygens (including phenoxy) is 1. The van der Waals surface area contributed by atoms with Crippen molar-refractivity contribution in [2.75, 3.05) is 6.61 Å². The highest BCUT2D eigenvalue weighted by atomic mass is 16.5. The number of Topliss-reactive ketones (excluding diaryl/α,β-unsaturated/α-hetero) is 1. The van der Waals surface area contributed by atoms with Crippen molar-refractivity contribution in [2.24, 2.45) is 5.92 Å². The first-order valence-electron chi connectivity index (χ1n) is 12.1. The van der Waals surface area contributed by atoms with Crippen molar-refractivity contribution in [3.05, 3.63) is 54.1 Å². The molecule has 2 heteroatoms. The lowest BCUT2D eigenvalue weighted by atomic mass is 9.76. The standard InChI is InChI=1S/C28H38O2/c1-3-5-7-9-22-10-19-27(28(29)21-22)25-13-11-23(12-14-25)24-15-17-26(18-16-24)30-20-8-6-4-2/h11-18,22,27H,3-10,19-21H2,1-2H3. The lowest BCUT2D eigenvalue weighted by Crippen LogP contribution is -2.23. The maximum atomic E-state index is 12.7. The van der Waals surface area contributed by atoms with E-state index in [0.29, 0.717) is 11.7 Å². The molecule has 2 aromatic carbocycles. The molecule has 0 spiro atoms. The van der Waals surface area contributed by atoms with Crippen molar-refractivity contribution in [3.8, 4) is 16.9 Å². The largest absolute Gasteiger partial charge is 0.494 e. The van der Waals surface area contributed by atoms with Gasteiger partial charge in [0.15, 0.2) is 0 Å². The predicted octanol–water partition coefficient (Wildman–Crippen LogP) is 7.96. The third-order valence-electron chi connectivity index (χ3n) is 6.48. The van der Waals surface area contributed by atoms with Crippen molar-refractivity contribution in [3.63, 3.8) is 0 Å². The minimum absolute atomic E-state index is 0.0976. The van der Waals surface area contributed by atoms with Gasteiger partial charge in [0.1, 0.15) is 11.5 Å². The monoisotopic (exact) mass is 406 g/mol. The molecule has 1 aliphatic rings. The summed E-state index contributed by atoms with van der Waals surface area (Å²) in [6.45, 7) is 5.23. The van der Waals surface area contributed by atoms with E-state index < -0.39 is 0 Å². The smallest absolute Gasteiger partial charge is 0.140 e. The second-order valence-electron chi connectivity index (χ2n) is 8.86. The minimum Gasteiger partial charge on any atom is -0.494 e. The Balaban J connectivity index is 1.54. The van der Waals surface area contributed by atoms with E-state index in [4.69, 9.17) is 4.74 Å². The molecule has 0 aromatic heterocycles. The van der Waals surface area contributed by atoms with Crippen LogP contribution in [-0.4, -0.2) is 12.4 Å². The van der Waals surface area contributed by atoms with E-state index >= 15 is 0 Å². The highest BCUT2D eigenvalue weighted by Crippen LogP contribution is 2.36. The lowest BCUT2D eigenvalue weighted by molar-refractivity contribution is -0.123. The number of hydrogen-bond acceptors (Lipinski definition) is 2. The molecule has 2 nitrogen and oxygen atoms in total. The van der Waals surface area contributed by atoms with Gasteiger partial charge in [-0.2, -0.15) is 0 Å². The number of benzene rings is 2. The number of ketones is 1. The Morgan fingerprint density at radius 1 is 0.800 bits per heavy atom. The van der Waals surface area contributed by atoms with Crippen LogP contribution in [-0.2, 0) is 4.79 Å². The van der Waals surface area contributed by atoms with Gasteiger partial charge in [0, 0.05) is 12.3 Å². The van der Waals surface area contributed by atoms with Gasteiger partial charge in [-0.3, -0.25) is 4.79 Å². The van der Waals surface area contributed by atoms with Crippen LogP contribution in [0.2, 0.25) is 0 Å². The summed E-state index contributed by atoms with van der Waals surface area (Å²) >= 11 is 0.